The zero-order valence-corrected chi connectivity index (χ0v) is 15.5. The SMILES string of the molecule is CN=C(NC[C@H](c1ccc(OC)cc1)N1CCOCC1)N[C@@H]1C[C@@H]1C. The van der Waals surface area contributed by atoms with Crippen LogP contribution in [0, 0.1) is 5.92 Å². The Morgan fingerprint density at radius 2 is 2.00 bits per heavy atom. The number of nitrogens with zero attached hydrogens (tertiary/aromatic N) is 2. The summed E-state index contributed by atoms with van der Waals surface area (Å²) in [5.74, 6) is 2.52. The van der Waals surface area contributed by atoms with E-state index in [1.807, 2.05) is 19.2 Å². The lowest BCUT2D eigenvalue weighted by atomic mass is 10.0. The third kappa shape index (κ3) is 4.86. The van der Waals surface area contributed by atoms with Crippen LogP contribution in [0.15, 0.2) is 29.3 Å². The van der Waals surface area contributed by atoms with Crippen LogP contribution in [-0.2, 0) is 4.74 Å². The second kappa shape index (κ2) is 8.54. The zero-order valence-electron chi connectivity index (χ0n) is 15.5. The van der Waals surface area contributed by atoms with Crippen molar-refractivity contribution in [3.05, 3.63) is 29.8 Å². The first-order valence-corrected chi connectivity index (χ1v) is 9.14. The van der Waals surface area contributed by atoms with Crippen LogP contribution in [0.2, 0.25) is 0 Å². The number of hydrogen-bond acceptors (Lipinski definition) is 4. The number of guanidine groups is 1. The van der Waals surface area contributed by atoms with E-state index in [2.05, 4.69) is 39.6 Å². The zero-order chi connectivity index (χ0) is 17.6. The smallest absolute Gasteiger partial charge is 0.191 e. The Labute approximate surface area is 150 Å². The van der Waals surface area contributed by atoms with Crippen molar-refractivity contribution in [3.63, 3.8) is 0 Å². The van der Waals surface area contributed by atoms with Crippen molar-refractivity contribution >= 4 is 5.96 Å². The van der Waals surface area contributed by atoms with Crippen molar-refractivity contribution in [2.24, 2.45) is 10.9 Å². The maximum absolute atomic E-state index is 5.52. The molecule has 0 amide bonds. The molecule has 138 valence electrons. The summed E-state index contributed by atoms with van der Waals surface area (Å²) < 4.78 is 10.8. The topological polar surface area (TPSA) is 58.1 Å². The predicted molar refractivity (Wildman–Crippen MR) is 100 cm³/mol. The highest BCUT2D eigenvalue weighted by molar-refractivity contribution is 5.80. The Morgan fingerprint density at radius 1 is 1.32 bits per heavy atom. The van der Waals surface area contributed by atoms with E-state index in [9.17, 15) is 0 Å². The molecule has 3 atom stereocenters. The first kappa shape index (κ1) is 18.0. The molecule has 2 aliphatic rings. The standard InChI is InChI=1S/C19H30N4O2/c1-14-12-17(14)22-19(20-2)21-13-18(23-8-10-25-11-9-23)15-4-6-16(24-3)7-5-15/h4-7,14,17-18H,8-13H2,1-3H3,(H2,20,21,22)/t14-,17+,18+/m0/s1. The van der Waals surface area contributed by atoms with Crippen LogP contribution in [0.25, 0.3) is 0 Å². The van der Waals surface area contributed by atoms with Crippen LogP contribution >= 0.6 is 0 Å². The number of ether oxygens (including phenoxy) is 2. The molecule has 6 nitrogen and oxygen atoms in total. The van der Waals surface area contributed by atoms with Gasteiger partial charge in [-0.05, 0) is 30.0 Å². The van der Waals surface area contributed by atoms with E-state index < -0.39 is 0 Å². The Bertz CT molecular complexity index is 569. The molecule has 3 rings (SSSR count). The molecular weight excluding hydrogens is 316 g/mol. The molecule has 0 aromatic heterocycles. The highest BCUT2D eigenvalue weighted by atomic mass is 16.5. The molecule has 25 heavy (non-hydrogen) atoms. The lowest BCUT2D eigenvalue weighted by Gasteiger charge is -2.35. The molecule has 0 bridgehead atoms. The lowest BCUT2D eigenvalue weighted by Crippen LogP contribution is -2.46. The molecule has 1 heterocycles. The molecule has 1 aliphatic carbocycles. The fourth-order valence-electron chi connectivity index (χ4n) is 3.26. The van der Waals surface area contributed by atoms with Crippen molar-refractivity contribution in [1.82, 2.24) is 15.5 Å². The molecule has 1 saturated carbocycles. The summed E-state index contributed by atoms with van der Waals surface area (Å²) in [4.78, 5) is 6.85. The molecule has 1 aliphatic heterocycles. The highest BCUT2D eigenvalue weighted by Gasteiger charge is 2.33. The maximum atomic E-state index is 5.52. The van der Waals surface area contributed by atoms with Crippen LogP contribution in [0.3, 0.4) is 0 Å². The van der Waals surface area contributed by atoms with E-state index in [4.69, 9.17) is 9.47 Å². The number of morpholine rings is 1. The van der Waals surface area contributed by atoms with Crippen molar-refractivity contribution in [1.29, 1.82) is 0 Å². The van der Waals surface area contributed by atoms with E-state index >= 15 is 0 Å². The second-order valence-electron chi connectivity index (χ2n) is 6.85. The number of aliphatic imine (C=N–C) groups is 1. The fourth-order valence-corrected chi connectivity index (χ4v) is 3.26. The van der Waals surface area contributed by atoms with Crippen LogP contribution in [-0.4, -0.2) is 63.9 Å². The van der Waals surface area contributed by atoms with Gasteiger partial charge in [0.25, 0.3) is 0 Å². The second-order valence-corrected chi connectivity index (χ2v) is 6.85. The van der Waals surface area contributed by atoms with Gasteiger partial charge in [0.2, 0.25) is 0 Å². The number of rotatable bonds is 6. The highest BCUT2D eigenvalue weighted by Crippen LogP contribution is 2.29. The van der Waals surface area contributed by atoms with Gasteiger partial charge < -0.3 is 20.1 Å². The van der Waals surface area contributed by atoms with Gasteiger partial charge in [0.15, 0.2) is 5.96 Å². The van der Waals surface area contributed by atoms with Gasteiger partial charge in [-0.3, -0.25) is 9.89 Å². The molecule has 0 radical (unpaired) electrons. The van der Waals surface area contributed by atoms with Gasteiger partial charge in [0.1, 0.15) is 5.75 Å². The largest absolute Gasteiger partial charge is 0.497 e. The fraction of sp³-hybridized carbons (Fsp3) is 0.632. The predicted octanol–water partition coefficient (Wildman–Crippen LogP) is 1.64. The van der Waals surface area contributed by atoms with Gasteiger partial charge in [0.05, 0.1) is 26.4 Å². The molecular formula is C19H30N4O2. The molecule has 0 unspecified atom stereocenters. The quantitative estimate of drug-likeness (QED) is 0.606. The molecule has 6 heteroatoms. The molecule has 1 saturated heterocycles. The molecule has 0 spiro atoms. The van der Waals surface area contributed by atoms with Crippen LogP contribution in [0.1, 0.15) is 24.9 Å². The third-order valence-corrected chi connectivity index (χ3v) is 5.11. The van der Waals surface area contributed by atoms with Gasteiger partial charge >= 0.3 is 0 Å². The monoisotopic (exact) mass is 346 g/mol. The van der Waals surface area contributed by atoms with E-state index in [-0.39, 0.29) is 6.04 Å². The summed E-state index contributed by atoms with van der Waals surface area (Å²) in [5.41, 5.74) is 1.28. The Morgan fingerprint density at radius 3 is 2.56 bits per heavy atom. The van der Waals surface area contributed by atoms with E-state index in [0.29, 0.717) is 6.04 Å². The minimum Gasteiger partial charge on any atom is -0.497 e. The maximum Gasteiger partial charge on any atom is 0.191 e. The van der Waals surface area contributed by atoms with Crippen LogP contribution in [0.4, 0.5) is 0 Å². The number of nitrogens with one attached hydrogen (secondary N) is 2. The average molecular weight is 346 g/mol. The van der Waals surface area contributed by atoms with Gasteiger partial charge in [-0.25, -0.2) is 0 Å². The average Bonchev–Trinajstić information content (AvgIpc) is 3.37. The summed E-state index contributed by atoms with van der Waals surface area (Å²) in [6.07, 6.45) is 1.23. The number of benzene rings is 1. The summed E-state index contributed by atoms with van der Waals surface area (Å²) in [6, 6.07) is 9.21. The van der Waals surface area contributed by atoms with Crippen molar-refractivity contribution in [3.8, 4) is 5.75 Å². The minimum absolute atomic E-state index is 0.282. The molecule has 1 aromatic rings. The van der Waals surface area contributed by atoms with Crippen molar-refractivity contribution in [2.45, 2.75) is 25.4 Å². The Hall–Kier alpha value is -1.79. The molecule has 2 N–H and O–H groups in total. The lowest BCUT2D eigenvalue weighted by molar-refractivity contribution is 0.0170. The van der Waals surface area contributed by atoms with Gasteiger partial charge in [-0.15, -0.1) is 0 Å². The van der Waals surface area contributed by atoms with Crippen molar-refractivity contribution < 1.29 is 9.47 Å². The third-order valence-electron chi connectivity index (χ3n) is 5.11. The first-order valence-electron chi connectivity index (χ1n) is 9.14. The van der Waals surface area contributed by atoms with Crippen LogP contribution < -0.4 is 15.4 Å². The summed E-state index contributed by atoms with van der Waals surface area (Å²) in [6.45, 7) is 6.55. The normalized spacial score (nSPS) is 25.3. The van der Waals surface area contributed by atoms with Gasteiger partial charge in [0, 0.05) is 32.7 Å². The first-order chi connectivity index (χ1) is 12.2. The van der Waals surface area contributed by atoms with Gasteiger partial charge in [-0.2, -0.15) is 0 Å². The summed E-state index contributed by atoms with van der Waals surface area (Å²) in [7, 11) is 3.53. The summed E-state index contributed by atoms with van der Waals surface area (Å²) in [5, 5.41) is 7.01. The van der Waals surface area contributed by atoms with E-state index in [1.165, 1.54) is 12.0 Å². The van der Waals surface area contributed by atoms with Gasteiger partial charge in [-0.1, -0.05) is 19.1 Å². The minimum atomic E-state index is 0.282. The molecule has 2 fully saturated rings. The van der Waals surface area contributed by atoms with Crippen molar-refractivity contribution in [2.75, 3.05) is 47.0 Å². The Kier molecular flexibility index (Phi) is 6.15. The van der Waals surface area contributed by atoms with E-state index in [0.717, 1.165) is 50.5 Å². The van der Waals surface area contributed by atoms with Crippen LogP contribution in [0.5, 0.6) is 5.75 Å². The number of methoxy groups -OCH3 is 1. The Balaban J connectivity index is 1.66. The van der Waals surface area contributed by atoms with E-state index in [1.54, 1.807) is 7.11 Å². The summed E-state index contributed by atoms with van der Waals surface area (Å²) >= 11 is 0. The molecule has 1 aromatic carbocycles. The number of hydrogen-bond donors (Lipinski definition) is 2.